The number of aromatic nitrogens is 1. The molecule has 0 aliphatic carbocycles. The quantitative estimate of drug-likeness (QED) is 0.797. The van der Waals surface area contributed by atoms with Crippen LogP contribution in [0.4, 0.5) is 0 Å². The Kier molecular flexibility index (Phi) is 4.88. The van der Waals surface area contributed by atoms with Crippen LogP contribution in [0.15, 0.2) is 17.1 Å². The summed E-state index contributed by atoms with van der Waals surface area (Å²) < 4.78 is 0. The number of carbonyl (C=O) groups excluding carboxylic acids is 2. The summed E-state index contributed by atoms with van der Waals surface area (Å²) >= 11 is 5.85. The van der Waals surface area contributed by atoms with E-state index in [2.05, 4.69) is 16.9 Å². The predicted octanol–water partition coefficient (Wildman–Crippen LogP) is 0.797. The van der Waals surface area contributed by atoms with E-state index in [0.29, 0.717) is 31.6 Å². The third kappa shape index (κ3) is 3.43. The van der Waals surface area contributed by atoms with Crippen LogP contribution < -0.4 is 5.56 Å². The standard InChI is InChI=1S/C17H23ClN4O3/c1-20-6-5-17(4-3-14(20)23)11-22(8-7-21(17)2)16(25)12-9-13(18)15(24)19-10-12/h9-10H,3-8,11H2,1-2H3,(H,19,24). The molecule has 3 rings (SSSR count). The van der Waals surface area contributed by atoms with Crippen molar-refractivity contribution in [3.05, 3.63) is 33.2 Å². The molecule has 1 atom stereocenters. The van der Waals surface area contributed by atoms with Gasteiger partial charge in [-0.1, -0.05) is 11.6 Å². The van der Waals surface area contributed by atoms with E-state index in [-0.39, 0.29) is 22.4 Å². The van der Waals surface area contributed by atoms with Gasteiger partial charge < -0.3 is 14.8 Å². The van der Waals surface area contributed by atoms with Crippen molar-refractivity contribution in [3.63, 3.8) is 0 Å². The lowest BCUT2D eigenvalue weighted by atomic mass is 9.86. The third-order valence-electron chi connectivity index (χ3n) is 5.53. The molecule has 2 fully saturated rings. The van der Waals surface area contributed by atoms with Crippen molar-refractivity contribution in [2.24, 2.45) is 0 Å². The molecule has 2 aliphatic rings. The summed E-state index contributed by atoms with van der Waals surface area (Å²) in [5.41, 5.74) is -0.218. The molecule has 1 unspecified atom stereocenters. The van der Waals surface area contributed by atoms with Crippen molar-refractivity contribution < 1.29 is 9.59 Å². The van der Waals surface area contributed by atoms with Gasteiger partial charge in [0, 0.05) is 51.4 Å². The van der Waals surface area contributed by atoms with Gasteiger partial charge in [0.15, 0.2) is 0 Å². The number of pyridine rings is 1. The van der Waals surface area contributed by atoms with Crippen LogP contribution in [-0.2, 0) is 4.79 Å². The average molecular weight is 367 g/mol. The Morgan fingerprint density at radius 3 is 2.68 bits per heavy atom. The summed E-state index contributed by atoms with van der Waals surface area (Å²) in [6.07, 6.45) is 3.48. The zero-order valence-corrected chi connectivity index (χ0v) is 15.3. The lowest BCUT2D eigenvalue weighted by molar-refractivity contribution is -0.129. The van der Waals surface area contributed by atoms with Gasteiger partial charge in [0.05, 0.1) is 5.56 Å². The molecule has 0 bridgehead atoms. The topological polar surface area (TPSA) is 76.7 Å². The molecule has 0 radical (unpaired) electrons. The van der Waals surface area contributed by atoms with Gasteiger partial charge in [-0.2, -0.15) is 0 Å². The van der Waals surface area contributed by atoms with Crippen LogP contribution in [0, 0.1) is 0 Å². The number of likely N-dealkylation sites (tertiary alicyclic amines) is 1. The maximum Gasteiger partial charge on any atom is 0.266 e. The number of piperazine rings is 1. The Bertz CT molecular complexity index is 750. The van der Waals surface area contributed by atoms with E-state index in [1.165, 1.54) is 12.3 Å². The van der Waals surface area contributed by atoms with E-state index >= 15 is 0 Å². The second-order valence-corrected chi connectivity index (χ2v) is 7.41. The van der Waals surface area contributed by atoms with Gasteiger partial charge in [-0.25, -0.2) is 0 Å². The smallest absolute Gasteiger partial charge is 0.266 e. The van der Waals surface area contributed by atoms with Gasteiger partial charge in [0.25, 0.3) is 11.5 Å². The number of carbonyl (C=O) groups is 2. The van der Waals surface area contributed by atoms with E-state index in [4.69, 9.17) is 11.6 Å². The normalized spacial score (nSPS) is 25.3. The minimum absolute atomic E-state index is 0.0105. The van der Waals surface area contributed by atoms with E-state index in [1.807, 2.05) is 7.05 Å². The fourth-order valence-corrected chi connectivity index (χ4v) is 3.87. The Morgan fingerprint density at radius 2 is 1.96 bits per heavy atom. The Morgan fingerprint density at radius 1 is 1.20 bits per heavy atom. The molecule has 8 heteroatoms. The zero-order valence-electron chi connectivity index (χ0n) is 14.5. The maximum absolute atomic E-state index is 12.9. The highest BCUT2D eigenvalue weighted by atomic mass is 35.5. The minimum Gasteiger partial charge on any atom is -0.346 e. The minimum atomic E-state index is -0.404. The molecular weight excluding hydrogens is 344 g/mol. The van der Waals surface area contributed by atoms with Gasteiger partial charge >= 0.3 is 0 Å². The Balaban J connectivity index is 1.82. The number of amides is 2. The van der Waals surface area contributed by atoms with E-state index < -0.39 is 5.56 Å². The molecule has 1 aromatic heterocycles. The van der Waals surface area contributed by atoms with Crippen molar-refractivity contribution in [1.82, 2.24) is 19.7 Å². The fraction of sp³-hybridized carbons (Fsp3) is 0.588. The molecule has 3 heterocycles. The number of hydrogen-bond acceptors (Lipinski definition) is 4. The van der Waals surface area contributed by atoms with Crippen LogP contribution in [0.3, 0.4) is 0 Å². The van der Waals surface area contributed by atoms with E-state index in [0.717, 1.165) is 19.4 Å². The number of hydrogen-bond donors (Lipinski definition) is 1. The predicted molar refractivity (Wildman–Crippen MR) is 94.8 cm³/mol. The first-order valence-electron chi connectivity index (χ1n) is 8.45. The average Bonchev–Trinajstić information content (AvgIpc) is 2.74. The highest BCUT2D eigenvalue weighted by Crippen LogP contribution is 2.32. The maximum atomic E-state index is 12.9. The molecule has 2 amide bonds. The number of halogens is 1. The summed E-state index contributed by atoms with van der Waals surface area (Å²) in [6, 6.07) is 1.41. The van der Waals surface area contributed by atoms with Crippen LogP contribution in [0.2, 0.25) is 5.02 Å². The van der Waals surface area contributed by atoms with Crippen molar-refractivity contribution in [3.8, 4) is 0 Å². The second-order valence-electron chi connectivity index (χ2n) is 7.00. The first-order valence-corrected chi connectivity index (χ1v) is 8.83. The monoisotopic (exact) mass is 366 g/mol. The molecule has 0 aromatic carbocycles. The van der Waals surface area contributed by atoms with Gasteiger partial charge in [-0.05, 0) is 26.0 Å². The van der Waals surface area contributed by atoms with E-state index in [1.54, 1.807) is 9.80 Å². The molecule has 2 saturated heterocycles. The lowest BCUT2D eigenvalue weighted by Crippen LogP contribution is -2.62. The van der Waals surface area contributed by atoms with E-state index in [9.17, 15) is 14.4 Å². The van der Waals surface area contributed by atoms with Crippen molar-refractivity contribution >= 4 is 23.4 Å². The van der Waals surface area contributed by atoms with Crippen LogP contribution in [-0.4, -0.2) is 77.3 Å². The first-order chi connectivity index (χ1) is 11.8. The molecule has 0 saturated carbocycles. The number of aromatic amines is 1. The number of H-pyrrole nitrogens is 1. The summed E-state index contributed by atoms with van der Waals surface area (Å²) in [4.78, 5) is 44.6. The molecule has 2 aliphatic heterocycles. The SMILES string of the molecule is CN1CCC2(CCC1=O)CN(C(=O)c1c[nH]c(=O)c(Cl)c1)CCN2C. The van der Waals surface area contributed by atoms with Crippen LogP contribution >= 0.6 is 11.6 Å². The lowest BCUT2D eigenvalue weighted by Gasteiger charge is -2.49. The molecule has 136 valence electrons. The number of likely N-dealkylation sites (N-methyl/N-ethyl adjacent to an activating group) is 1. The molecule has 7 nitrogen and oxygen atoms in total. The molecule has 25 heavy (non-hydrogen) atoms. The summed E-state index contributed by atoms with van der Waals surface area (Å²) in [7, 11) is 3.89. The second kappa shape index (κ2) is 6.80. The third-order valence-corrected chi connectivity index (χ3v) is 5.82. The van der Waals surface area contributed by atoms with Crippen LogP contribution in [0.25, 0.3) is 0 Å². The highest BCUT2D eigenvalue weighted by molar-refractivity contribution is 6.30. The highest BCUT2D eigenvalue weighted by Gasteiger charge is 2.43. The zero-order chi connectivity index (χ0) is 18.2. The van der Waals surface area contributed by atoms with Gasteiger partial charge in [0.2, 0.25) is 5.91 Å². The van der Waals surface area contributed by atoms with Gasteiger partial charge in [-0.15, -0.1) is 0 Å². The Labute approximate surface area is 151 Å². The first kappa shape index (κ1) is 17.9. The fourth-order valence-electron chi connectivity index (χ4n) is 3.69. The molecule has 1 aromatic rings. The summed E-state index contributed by atoms with van der Waals surface area (Å²) in [6.45, 7) is 2.62. The van der Waals surface area contributed by atoms with Crippen molar-refractivity contribution in [2.75, 3.05) is 40.3 Å². The number of rotatable bonds is 1. The van der Waals surface area contributed by atoms with Crippen LogP contribution in [0.5, 0.6) is 0 Å². The van der Waals surface area contributed by atoms with Crippen molar-refractivity contribution in [1.29, 1.82) is 0 Å². The molecule has 1 spiro atoms. The largest absolute Gasteiger partial charge is 0.346 e. The summed E-state index contributed by atoms with van der Waals surface area (Å²) in [5.74, 6) is 0.00990. The van der Waals surface area contributed by atoms with Gasteiger partial charge in [-0.3, -0.25) is 19.3 Å². The molecule has 1 N–H and O–H groups in total. The number of nitrogens with one attached hydrogen (secondary N) is 1. The summed E-state index contributed by atoms with van der Waals surface area (Å²) in [5, 5.41) is 0.0105. The van der Waals surface area contributed by atoms with Crippen molar-refractivity contribution in [2.45, 2.75) is 24.8 Å². The molecular formula is C17H23ClN4O3. The Hall–Kier alpha value is -1.86. The van der Waals surface area contributed by atoms with Gasteiger partial charge in [0.1, 0.15) is 5.02 Å². The number of nitrogens with zero attached hydrogens (tertiary/aromatic N) is 3. The van der Waals surface area contributed by atoms with Crippen LogP contribution in [0.1, 0.15) is 29.6 Å².